The van der Waals surface area contributed by atoms with E-state index in [0.29, 0.717) is 6.04 Å². The van der Waals surface area contributed by atoms with Gasteiger partial charge in [-0.15, -0.1) is 0 Å². The maximum absolute atomic E-state index is 4.29. The summed E-state index contributed by atoms with van der Waals surface area (Å²) in [5.41, 5.74) is 0. The maximum atomic E-state index is 4.29. The van der Waals surface area contributed by atoms with Gasteiger partial charge in [0.25, 0.3) is 0 Å². The smallest absolute Gasteiger partial charge is 0.191 e. The fourth-order valence-electron chi connectivity index (χ4n) is 2.34. The van der Waals surface area contributed by atoms with Crippen LogP contribution in [0.4, 0.5) is 5.82 Å². The van der Waals surface area contributed by atoms with Gasteiger partial charge in [-0.05, 0) is 38.3 Å². The van der Waals surface area contributed by atoms with Gasteiger partial charge in [-0.1, -0.05) is 32.3 Å². The summed E-state index contributed by atoms with van der Waals surface area (Å²) in [6, 6.07) is 6.38. The van der Waals surface area contributed by atoms with E-state index in [4.69, 9.17) is 0 Å². The summed E-state index contributed by atoms with van der Waals surface area (Å²) in [5, 5.41) is 10.2. The standard InChI is InChI=1S/C18H33N5/c1-4-5-6-11-16(2)23-18(19-3)22-15-10-9-14-21-17-12-7-8-13-20-17/h7-8,12-13,16H,4-6,9-11,14-15H2,1-3H3,(H,20,21)(H2,19,22,23). The van der Waals surface area contributed by atoms with Crippen molar-refractivity contribution in [1.29, 1.82) is 0 Å². The fraction of sp³-hybridized carbons (Fsp3) is 0.667. The highest BCUT2D eigenvalue weighted by atomic mass is 15.2. The van der Waals surface area contributed by atoms with E-state index in [1.54, 1.807) is 6.20 Å². The van der Waals surface area contributed by atoms with Crippen LogP contribution >= 0.6 is 0 Å². The minimum atomic E-state index is 0.471. The van der Waals surface area contributed by atoms with Gasteiger partial charge in [0.05, 0.1) is 0 Å². The Bertz CT molecular complexity index is 419. The molecule has 0 fully saturated rings. The lowest BCUT2D eigenvalue weighted by Gasteiger charge is -2.17. The summed E-state index contributed by atoms with van der Waals surface area (Å²) in [6.45, 7) is 6.34. The van der Waals surface area contributed by atoms with E-state index in [1.165, 1.54) is 25.7 Å². The lowest BCUT2D eigenvalue weighted by atomic mass is 10.1. The normalized spacial score (nSPS) is 12.7. The summed E-state index contributed by atoms with van der Waals surface area (Å²) in [6.07, 6.45) is 9.07. The Hall–Kier alpha value is -1.78. The third-order valence-corrected chi connectivity index (χ3v) is 3.71. The van der Waals surface area contributed by atoms with Crippen LogP contribution in [0.3, 0.4) is 0 Å². The molecule has 1 heterocycles. The average Bonchev–Trinajstić information content (AvgIpc) is 2.58. The van der Waals surface area contributed by atoms with Gasteiger partial charge in [-0.25, -0.2) is 4.98 Å². The molecule has 0 spiro atoms. The summed E-state index contributed by atoms with van der Waals surface area (Å²) < 4.78 is 0. The highest BCUT2D eigenvalue weighted by Crippen LogP contribution is 2.03. The van der Waals surface area contributed by atoms with Crippen molar-refractivity contribution in [1.82, 2.24) is 15.6 Å². The first-order chi connectivity index (χ1) is 11.3. The van der Waals surface area contributed by atoms with Gasteiger partial charge >= 0.3 is 0 Å². The maximum Gasteiger partial charge on any atom is 0.191 e. The first kappa shape index (κ1) is 19.3. The van der Waals surface area contributed by atoms with Crippen molar-refractivity contribution in [2.75, 3.05) is 25.5 Å². The van der Waals surface area contributed by atoms with Crippen molar-refractivity contribution in [3.8, 4) is 0 Å². The Morgan fingerprint density at radius 3 is 2.70 bits per heavy atom. The van der Waals surface area contributed by atoms with Crippen molar-refractivity contribution in [2.45, 2.75) is 58.4 Å². The molecule has 130 valence electrons. The summed E-state index contributed by atoms with van der Waals surface area (Å²) >= 11 is 0. The number of guanidine groups is 1. The van der Waals surface area contributed by atoms with E-state index >= 15 is 0 Å². The van der Waals surface area contributed by atoms with E-state index in [9.17, 15) is 0 Å². The van der Waals surface area contributed by atoms with Crippen LogP contribution in [0.5, 0.6) is 0 Å². The molecule has 5 nitrogen and oxygen atoms in total. The minimum absolute atomic E-state index is 0.471. The highest BCUT2D eigenvalue weighted by molar-refractivity contribution is 5.79. The predicted octanol–water partition coefficient (Wildman–Crippen LogP) is 3.41. The molecule has 23 heavy (non-hydrogen) atoms. The van der Waals surface area contributed by atoms with E-state index in [0.717, 1.165) is 37.7 Å². The van der Waals surface area contributed by atoms with Gasteiger partial charge in [-0.3, -0.25) is 4.99 Å². The number of hydrogen-bond donors (Lipinski definition) is 3. The van der Waals surface area contributed by atoms with Gasteiger partial charge in [0.15, 0.2) is 5.96 Å². The molecule has 1 aromatic heterocycles. The number of rotatable bonds is 11. The van der Waals surface area contributed by atoms with Crippen molar-refractivity contribution in [3.63, 3.8) is 0 Å². The summed E-state index contributed by atoms with van der Waals surface area (Å²) in [7, 11) is 1.83. The number of nitrogens with one attached hydrogen (secondary N) is 3. The Kier molecular flexibility index (Phi) is 10.7. The molecular weight excluding hydrogens is 286 g/mol. The lowest BCUT2D eigenvalue weighted by molar-refractivity contribution is 0.545. The lowest BCUT2D eigenvalue weighted by Crippen LogP contribution is -2.42. The van der Waals surface area contributed by atoms with Gasteiger partial charge in [0.2, 0.25) is 0 Å². The van der Waals surface area contributed by atoms with Crippen LogP contribution in [0.2, 0.25) is 0 Å². The van der Waals surface area contributed by atoms with Crippen LogP contribution in [0.1, 0.15) is 52.4 Å². The average molecular weight is 319 g/mol. The van der Waals surface area contributed by atoms with Crippen LogP contribution < -0.4 is 16.0 Å². The summed E-state index contributed by atoms with van der Waals surface area (Å²) in [5.74, 6) is 1.85. The zero-order chi connectivity index (χ0) is 16.8. The molecule has 0 aliphatic rings. The van der Waals surface area contributed by atoms with Crippen LogP contribution in [0, 0.1) is 0 Å². The molecule has 1 rings (SSSR count). The fourth-order valence-corrected chi connectivity index (χ4v) is 2.34. The molecule has 0 aliphatic heterocycles. The predicted molar refractivity (Wildman–Crippen MR) is 100 cm³/mol. The second kappa shape index (κ2) is 12.7. The Morgan fingerprint density at radius 1 is 1.17 bits per heavy atom. The monoisotopic (exact) mass is 319 g/mol. The Morgan fingerprint density at radius 2 is 2.00 bits per heavy atom. The van der Waals surface area contributed by atoms with Crippen molar-refractivity contribution in [3.05, 3.63) is 24.4 Å². The number of aromatic nitrogens is 1. The summed E-state index contributed by atoms with van der Waals surface area (Å²) in [4.78, 5) is 8.54. The zero-order valence-electron chi connectivity index (χ0n) is 14.9. The van der Waals surface area contributed by atoms with Crippen molar-refractivity contribution < 1.29 is 0 Å². The first-order valence-corrected chi connectivity index (χ1v) is 8.88. The second-order valence-corrected chi connectivity index (χ2v) is 5.89. The minimum Gasteiger partial charge on any atom is -0.370 e. The van der Waals surface area contributed by atoms with Crippen molar-refractivity contribution in [2.24, 2.45) is 4.99 Å². The molecule has 1 atom stereocenters. The molecule has 1 unspecified atom stereocenters. The van der Waals surface area contributed by atoms with Crippen LogP contribution in [-0.4, -0.2) is 37.1 Å². The Balaban J connectivity index is 2.06. The molecule has 0 bridgehead atoms. The van der Waals surface area contributed by atoms with Crippen molar-refractivity contribution >= 4 is 11.8 Å². The molecule has 0 aromatic carbocycles. The highest BCUT2D eigenvalue weighted by Gasteiger charge is 2.04. The largest absolute Gasteiger partial charge is 0.370 e. The first-order valence-electron chi connectivity index (χ1n) is 8.88. The molecule has 0 saturated heterocycles. The molecule has 0 aliphatic carbocycles. The zero-order valence-corrected chi connectivity index (χ0v) is 14.9. The van der Waals surface area contributed by atoms with E-state index < -0.39 is 0 Å². The van der Waals surface area contributed by atoms with E-state index in [1.807, 2.05) is 25.2 Å². The topological polar surface area (TPSA) is 61.3 Å². The van der Waals surface area contributed by atoms with Gasteiger partial charge in [0.1, 0.15) is 5.82 Å². The van der Waals surface area contributed by atoms with Gasteiger partial charge in [0, 0.05) is 32.4 Å². The molecule has 0 radical (unpaired) electrons. The molecule has 1 aromatic rings. The molecule has 5 heteroatoms. The number of aliphatic imine (C=N–C) groups is 1. The molecular formula is C18H33N5. The SMILES string of the molecule is CCCCCC(C)NC(=NC)NCCCCNc1ccccn1. The third-order valence-electron chi connectivity index (χ3n) is 3.71. The number of hydrogen-bond acceptors (Lipinski definition) is 3. The van der Waals surface area contributed by atoms with Crippen LogP contribution in [-0.2, 0) is 0 Å². The number of pyridine rings is 1. The van der Waals surface area contributed by atoms with Gasteiger partial charge < -0.3 is 16.0 Å². The van der Waals surface area contributed by atoms with Crippen LogP contribution in [0.25, 0.3) is 0 Å². The van der Waals surface area contributed by atoms with Crippen LogP contribution in [0.15, 0.2) is 29.4 Å². The van der Waals surface area contributed by atoms with E-state index in [2.05, 4.69) is 39.8 Å². The molecule has 0 saturated carbocycles. The Labute approximate surface area is 141 Å². The van der Waals surface area contributed by atoms with Gasteiger partial charge in [-0.2, -0.15) is 0 Å². The molecule has 0 amide bonds. The number of nitrogens with zero attached hydrogens (tertiary/aromatic N) is 2. The molecule has 3 N–H and O–H groups in total. The van der Waals surface area contributed by atoms with E-state index in [-0.39, 0.29) is 0 Å². The second-order valence-electron chi connectivity index (χ2n) is 5.89. The quantitative estimate of drug-likeness (QED) is 0.332. The third kappa shape index (κ3) is 9.76. The number of unbranched alkanes of at least 4 members (excludes halogenated alkanes) is 3. The number of anilines is 1.